The highest BCUT2D eigenvalue weighted by atomic mass is 35.5. The first-order valence-corrected chi connectivity index (χ1v) is 11.6. The molecule has 0 bridgehead atoms. The summed E-state index contributed by atoms with van der Waals surface area (Å²) in [6, 6.07) is 10.2. The molecule has 0 unspecified atom stereocenters. The summed E-state index contributed by atoms with van der Waals surface area (Å²) < 4.78 is 56.2. The quantitative estimate of drug-likeness (QED) is 0.599. The van der Waals surface area contributed by atoms with Gasteiger partial charge in [0.2, 0.25) is 10.0 Å². The Morgan fingerprint density at radius 3 is 2.39 bits per heavy atom. The highest BCUT2D eigenvalue weighted by molar-refractivity contribution is 7.89. The van der Waals surface area contributed by atoms with E-state index in [1.165, 1.54) is 39.5 Å². The lowest BCUT2D eigenvalue weighted by Crippen LogP contribution is -2.36. The van der Waals surface area contributed by atoms with Crippen LogP contribution in [0, 0.1) is 0 Å². The van der Waals surface area contributed by atoms with Crippen LogP contribution in [0.25, 0.3) is 0 Å². The molecule has 0 radical (unpaired) electrons. The Hall–Kier alpha value is -2.23. The fourth-order valence-corrected chi connectivity index (χ4v) is 5.44. The largest absolute Gasteiger partial charge is 0.435 e. The summed E-state index contributed by atoms with van der Waals surface area (Å²) in [6.07, 6.45) is 2.57. The van der Waals surface area contributed by atoms with Crippen molar-refractivity contribution < 1.29 is 26.7 Å². The van der Waals surface area contributed by atoms with E-state index in [1.807, 2.05) is 0 Å². The minimum atomic E-state index is -3.79. The number of benzene rings is 2. The first kappa shape index (κ1) is 23.4. The summed E-state index contributed by atoms with van der Waals surface area (Å²) in [5.74, 6) is -0.363. The molecule has 1 aliphatic rings. The highest BCUT2D eigenvalue weighted by Crippen LogP contribution is 2.28. The third-order valence-electron chi connectivity index (χ3n) is 5.03. The number of piperidine rings is 1. The average Bonchev–Trinajstić information content (AvgIpc) is 2.75. The molecule has 1 aliphatic heterocycles. The maximum Gasteiger partial charge on any atom is 0.387 e. The number of rotatable bonds is 7. The Morgan fingerprint density at radius 1 is 1.13 bits per heavy atom. The van der Waals surface area contributed by atoms with Crippen molar-refractivity contribution in [3.63, 3.8) is 0 Å². The second-order valence-corrected chi connectivity index (χ2v) is 9.61. The van der Waals surface area contributed by atoms with Gasteiger partial charge in [0.15, 0.2) is 0 Å². The maximum absolute atomic E-state index is 13.0. The SMILES string of the molecule is CN(Cc1ccc(OC(F)F)cc1)C(=O)c1ccc(Cl)c(S(=O)(=O)N2CCCCC2)c1. The van der Waals surface area contributed by atoms with Crippen molar-refractivity contribution in [1.82, 2.24) is 9.21 Å². The van der Waals surface area contributed by atoms with Gasteiger partial charge in [0.25, 0.3) is 5.91 Å². The number of nitrogens with zero attached hydrogens (tertiary/aromatic N) is 2. The van der Waals surface area contributed by atoms with Gasteiger partial charge in [-0.1, -0.05) is 30.2 Å². The Balaban J connectivity index is 1.76. The number of carbonyl (C=O) groups is 1. The second kappa shape index (κ2) is 9.93. The van der Waals surface area contributed by atoms with Crippen LogP contribution in [0.4, 0.5) is 8.78 Å². The molecule has 2 aromatic carbocycles. The molecule has 2 aromatic rings. The zero-order valence-electron chi connectivity index (χ0n) is 16.9. The van der Waals surface area contributed by atoms with Gasteiger partial charge in [-0.2, -0.15) is 13.1 Å². The van der Waals surface area contributed by atoms with Crippen molar-refractivity contribution in [1.29, 1.82) is 0 Å². The Bertz CT molecular complexity index is 1030. The van der Waals surface area contributed by atoms with Crippen LogP contribution in [0.1, 0.15) is 35.2 Å². The molecule has 0 aliphatic carbocycles. The monoisotopic (exact) mass is 472 g/mol. The first-order valence-electron chi connectivity index (χ1n) is 9.77. The molecule has 1 saturated heterocycles. The van der Waals surface area contributed by atoms with Crippen molar-refractivity contribution in [2.75, 3.05) is 20.1 Å². The zero-order chi connectivity index (χ0) is 22.6. The van der Waals surface area contributed by atoms with Crippen LogP contribution in [-0.4, -0.2) is 50.3 Å². The van der Waals surface area contributed by atoms with Gasteiger partial charge < -0.3 is 9.64 Å². The molecule has 0 atom stereocenters. The molecule has 3 rings (SSSR count). The third-order valence-corrected chi connectivity index (χ3v) is 7.41. The minimum absolute atomic E-state index is 0.0259. The number of amides is 1. The van der Waals surface area contributed by atoms with Crippen LogP contribution < -0.4 is 4.74 Å². The molecular weight excluding hydrogens is 450 g/mol. The van der Waals surface area contributed by atoms with E-state index in [9.17, 15) is 22.0 Å². The number of ether oxygens (including phenoxy) is 1. The molecule has 0 spiro atoms. The fraction of sp³-hybridized carbons (Fsp3) is 0.381. The summed E-state index contributed by atoms with van der Waals surface area (Å²) in [7, 11) is -2.22. The summed E-state index contributed by atoms with van der Waals surface area (Å²) in [4.78, 5) is 14.2. The molecule has 1 heterocycles. The smallest absolute Gasteiger partial charge is 0.387 e. The number of hydrogen-bond acceptors (Lipinski definition) is 4. The van der Waals surface area contributed by atoms with Crippen LogP contribution in [0.5, 0.6) is 5.75 Å². The molecule has 1 amide bonds. The standard InChI is InChI=1S/C21H23ClF2N2O4S/c1-25(14-15-5-8-17(9-6-15)30-21(23)24)20(27)16-7-10-18(22)19(13-16)31(28,29)26-11-3-2-4-12-26/h5-10,13,21H,2-4,11-12,14H2,1H3. The summed E-state index contributed by atoms with van der Waals surface area (Å²) in [6.45, 7) is -1.84. The lowest BCUT2D eigenvalue weighted by Gasteiger charge is -2.26. The third kappa shape index (κ3) is 5.72. The molecule has 31 heavy (non-hydrogen) atoms. The van der Waals surface area contributed by atoms with E-state index in [0.29, 0.717) is 18.7 Å². The van der Waals surface area contributed by atoms with E-state index in [-0.39, 0.29) is 33.7 Å². The number of sulfonamides is 1. The van der Waals surface area contributed by atoms with Crippen molar-refractivity contribution in [2.45, 2.75) is 37.3 Å². The van der Waals surface area contributed by atoms with Crippen LogP contribution in [0.3, 0.4) is 0 Å². The van der Waals surface area contributed by atoms with Crippen molar-refractivity contribution >= 4 is 27.5 Å². The molecule has 0 saturated carbocycles. The van der Waals surface area contributed by atoms with Crippen molar-refractivity contribution in [2.24, 2.45) is 0 Å². The van der Waals surface area contributed by atoms with Gasteiger partial charge in [0, 0.05) is 32.2 Å². The topological polar surface area (TPSA) is 66.9 Å². The van der Waals surface area contributed by atoms with E-state index >= 15 is 0 Å². The van der Waals surface area contributed by atoms with E-state index in [2.05, 4.69) is 4.74 Å². The van der Waals surface area contributed by atoms with Crippen molar-refractivity contribution in [3.05, 3.63) is 58.6 Å². The lowest BCUT2D eigenvalue weighted by molar-refractivity contribution is -0.0498. The molecule has 6 nitrogen and oxygen atoms in total. The van der Waals surface area contributed by atoms with Crippen LogP contribution in [-0.2, 0) is 16.6 Å². The van der Waals surface area contributed by atoms with Gasteiger partial charge in [-0.25, -0.2) is 8.42 Å². The molecular formula is C21H23ClF2N2O4S. The zero-order valence-corrected chi connectivity index (χ0v) is 18.5. The number of hydrogen-bond donors (Lipinski definition) is 0. The minimum Gasteiger partial charge on any atom is -0.435 e. The Labute approximate surface area is 185 Å². The van der Waals surface area contributed by atoms with E-state index in [1.54, 1.807) is 19.2 Å². The maximum atomic E-state index is 13.0. The Kier molecular flexibility index (Phi) is 7.51. The summed E-state index contributed by atoms with van der Waals surface area (Å²) in [5, 5.41) is 0.0689. The predicted molar refractivity (Wildman–Crippen MR) is 113 cm³/mol. The fourth-order valence-electron chi connectivity index (χ4n) is 3.42. The van der Waals surface area contributed by atoms with Crippen LogP contribution in [0.15, 0.2) is 47.4 Å². The van der Waals surface area contributed by atoms with E-state index in [4.69, 9.17) is 11.6 Å². The Morgan fingerprint density at radius 2 is 1.77 bits per heavy atom. The van der Waals surface area contributed by atoms with Crippen LogP contribution >= 0.6 is 11.6 Å². The van der Waals surface area contributed by atoms with Gasteiger partial charge in [-0.3, -0.25) is 4.79 Å². The molecule has 10 heteroatoms. The van der Waals surface area contributed by atoms with E-state index < -0.39 is 16.6 Å². The average molecular weight is 473 g/mol. The lowest BCUT2D eigenvalue weighted by atomic mass is 10.1. The molecule has 168 valence electrons. The van der Waals surface area contributed by atoms with Crippen LogP contribution in [0.2, 0.25) is 5.02 Å². The van der Waals surface area contributed by atoms with Gasteiger partial charge in [-0.05, 0) is 48.7 Å². The number of alkyl halides is 2. The van der Waals surface area contributed by atoms with Gasteiger partial charge >= 0.3 is 6.61 Å². The molecule has 1 fully saturated rings. The molecule has 0 N–H and O–H groups in total. The number of carbonyl (C=O) groups excluding carboxylic acids is 1. The van der Waals surface area contributed by atoms with E-state index in [0.717, 1.165) is 19.3 Å². The van der Waals surface area contributed by atoms with Gasteiger partial charge in [0.05, 0.1) is 5.02 Å². The summed E-state index contributed by atoms with van der Waals surface area (Å²) >= 11 is 6.17. The molecule has 0 aromatic heterocycles. The predicted octanol–water partition coefficient (Wildman–Crippen LogP) is 4.39. The first-order chi connectivity index (χ1) is 14.7. The number of halogens is 3. The normalized spacial score (nSPS) is 15.1. The summed E-state index contributed by atoms with van der Waals surface area (Å²) in [5.41, 5.74) is 0.896. The highest BCUT2D eigenvalue weighted by Gasteiger charge is 2.29. The second-order valence-electron chi connectivity index (χ2n) is 7.29. The van der Waals surface area contributed by atoms with Gasteiger partial charge in [-0.15, -0.1) is 0 Å². The van der Waals surface area contributed by atoms with Crippen molar-refractivity contribution in [3.8, 4) is 5.75 Å². The van der Waals surface area contributed by atoms with Gasteiger partial charge in [0.1, 0.15) is 10.6 Å².